The molecule has 0 saturated heterocycles. The van der Waals surface area contributed by atoms with E-state index >= 15 is 0 Å². The number of carbonyl (C=O) groups is 2. The maximum atomic E-state index is 12.5. The summed E-state index contributed by atoms with van der Waals surface area (Å²) in [6.45, 7) is 3.62. The zero-order valence-electron chi connectivity index (χ0n) is 31.6. The Morgan fingerprint density at radius 2 is 1.06 bits per heavy atom. The van der Waals surface area contributed by atoms with E-state index < -0.39 is 32.5 Å². The Kier molecular flexibility index (Phi) is 35.3. The van der Waals surface area contributed by atoms with Gasteiger partial charge in [-0.2, -0.15) is 0 Å². The third-order valence-corrected chi connectivity index (χ3v) is 8.95. The van der Waals surface area contributed by atoms with Crippen molar-refractivity contribution in [1.82, 2.24) is 0 Å². The van der Waals surface area contributed by atoms with Crippen LogP contribution in [0.2, 0.25) is 0 Å². The quantitative estimate of drug-likeness (QED) is 0.0280. The molecule has 0 aliphatic carbocycles. The molecule has 0 aliphatic rings. The number of allylic oxidation sites excluding steroid dienone is 8. The SMILES string of the molecule is CCCCC/C=C/C/C=C/C/C=C/C/C=C/CCCC(=O)OC[C@@H](COP(=O)(O)OCCN)OC(=O)CCCCCCCCCCCCCC. The van der Waals surface area contributed by atoms with Crippen LogP contribution >= 0.6 is 7.82 Å². The maximum absolute atomic E-state index is 12.5. The number of unbranched alkanes of at least 4 members (excludes halogenated alkanes) is 15. The molecule has 0 spiro atoms. The van der Waals surface area contributed by atoms with E-state index in [1.807, 2.05) is 6.08 Å². The van der Waals surface area contributed by atoms with Crippen LogP contribution in [0.5, 0.6) is 0 Å². The molecular weight excluding hydrogens is 653 g/mol. The lowest BCUT2D eigenvalue weighted by molar-refractivity contribution is -0.161. The van der Waals surface area contributed by atoms with Gasteiger partial charge in [0, 0.05) is 19.4 Å². The maximum Gasteiger partial charge on any atom is 0.472 e. The van der Waals surface area contributed by atoms with Gasteiger partial charge in [0.1, 0.15) is 6.61 Å². The molecule has 0 fully saturated rings. The summed E-state index contributed by atoms with van der Waals surface area (Å²) in [6.07, 6.45) is 40.0. The average Bonchev–Trinajstić information content (AvgIpc) is 3.10. The summed E-state index contributed by atoms with van der Waals surface area (Å²) in [5.74, 6) is -0.896. The lowest BCUT2D eigenvalue weighted by Gasteiger charge is -2.19. The van der Waals surface area contributed by atoms with Crippen LogP contribution in [0.25, 0.3) is 0 Å². The van der Waals surface area contributed by atoms with Gasteiger partial charge in [0.2, 0.25) is 0 Å². The summed E-state index contributed by atoms with van der Waals surface area (Å²) >= 11 is 0. The monoisotopic (exact) mass is 725 g/mol. The Morgan fingerprint density at radius 1 is 0.600 bits per heavy atom. The number of hydrogen-bond acceptors (Lipinski definition) is 8. The summed E-state index contributed by atoms with van der Waals surface area (Å²) < 4.78 is 32.6. The van der Waals surface area contributed by atoms with Crippen LogP contribution in [-0.2, 0) is 32.7 Å². The lowest BCUT2D eigenvalue weighted by Crippen LogP contribution is -2.29. The molecule has 9 nitrogen and oxygen atoms in total. The Labute approximate surface area is 305 Å². The fourth-order valence-corrected chi connectivity index (χ4v) is 5.80. The smallest absolute Gasteiger partial charge is 0.462 e. The minimum absolute atomic E-state index is 0.0457. The number of nitrogens with two attached hydrogens (primary N) is 1. The number of rotatable bonds is 36. The van der Waals surface area contributed by atoms with Crippen molar-refractivity contribution in [2.45, 2.75) is 168 Å². The van der Waals surface area contributed by atoms with E-state index in [1.54, 1.807) is 0 Å². The fraction of sp³-hybridized carbons (Fsp3) is 0.750. The predicted molar refractivity (Wildman–Crippen MR) is 206 cm³/mol. The van der Waals surface area contributed by atoms with E-state index in [4.69, 9.17) is 24.3 Å². The van der Waals surface area contributed by atoms with Gasteiger partial charge in [0.25, 0.3) is 0 Å². The highest BCUT2D eigenvalue weighted by Crippen LogP contribution is 2.43. The van der Waals surface area contributed by atoms with Gasteiger partial charge in [0.15, 0.2) is 6.10 Å². The molecule has 2 atom stereocenters. The van der Waals surface area contributed by atoms with Crippen LogP contribution in [-0.4, -0.2) is 49.3 Å². The third kappa shape index (κ3) is 35.8. The standard InChI is InChI=1S/C40H72NO8P/c1-3-5-7-9-11-13-15-17-18-19-20-21-23-24-26-28-30-32-39(42)46-36-38(37-48-50(44,45)47-35-34-41)49-40(43)33-31-29-27-25-22-16-14-12-10-8-6-4-2/h11,13,17-18,20-21,24,26,38H,3-10,12,14-16,19,22-23,25,27-37,41H2,1-2H3,(H,44,45)/b13-11+,18-17+,21-20+,26-24+/t38-/m0/s1. The summed E-state index contributed by atoms with van der Waals surface area (Å²) in [4.78, 5) is 34.7. The zero-order chi connectivity index (χ0) is 36.8. The van der Waals surface area contributed by atoms with Crippen LogP contribution in [0.4, 0.5) is 0 Å². The van der Waals surface area contributed by atoms with Crippen molar-refractivity contribution in [3.63, 3.8) is 0 Å². The zero-order valence-corrected chi connectivity index (χ0v) is 32.5. The van der Waals surface area contributed by atoms with E-state index in [9.17, 15) is 19.0 Å². The summed E-state index contributed by atoms with van der Waals surface area (Å²) in [6, 6.07) is 0. The van der Waals surface area contributed by atoms with Crippen molar-refractivity contribution >= 4 is 19.8 Å². The van der Waals surface area contributed by atoms with Crippen molar-refractivity contribution in [2.75, 3.05) is 26.4 Å². The van der Waals surface area contributed by atoms with Crippen LogP contribution in [0.15, 0.2) is 48.6 Å². The van der Waals surface area contributed by atoms with Gasteiger partial charge < -0.3 is 20.1 Å². The van der Waals surface area contributed by atoms with Crippen molar-refractivity contribution in [3.8, 4) is 0 Å². The molecule has 0 radical (unpaired) electrons. The van der Waals surface area contributed by atoms with Gasteiger partial charge in [-0.05, 0) is 51.4 Å². The average molecular weight is 726 g/mol. The van der Waals surface area contributed by atoms with Gasteiger partial charge in [-0.3, -0.25) is 18.6 Å². The van der Waals surface area contributed by atoms with Gasteiger partial charge >= 0.3 is 19.8 Å². The van der Waals surface area contributed by atoms with Gasteiger partial charge in [-0.15, -0.1) is 0 Å². The number of phosphoric acid groups is 1. The second-order valence-corrected chi connectivity index (χ2v) is 14.3. The van der Waals surface area contributed by atoms with Crippen LogP contribution < -0.4 is 5.73 Å². The van der Waals surface area contributed by atoms with E-state index in [2.05, 4.69) is 56.4 Å². The molecule has 0 aromatic rings. The van der Waals surface area contributed by atoms with E-state index in [0.29, 0.717) is 12.8 Å². The molecule has 10 heteroatoms. The molecule has 0 aliphatic heterocycles. The van der Waals surface area contributed by atoms with Crippen LogP contribution in [0.1, 0.15) is 162 Å². The van der Waals surface area contributed by atoms with Crippen LogP contribution in [0.3, 0.4) is 0 Å². The Bertz CT molecular complexity index is 965. The number of ether oxygens (including phenoxy) is 2. The minimum Gasteiger partial charge on any atom is -0.462 e. The molecule has 3 N–H and O–H groups in total. The first-order valence-corrected chi connectivity index (χ1v) is 21.1. The van der Waals surface area contributed by atoms with E-state index in [0.717, 1.165) is 44.9 Å². The summed E-state index contributed by atoms with van der Waals surface area (Å²) in [5, 5.41) is 0. The molecule has 0 rings (SSSR count). The number of esters is 2. The van der Waals surface area contributed by atoms with Crippen LogP contribution in [0, 0.1) is 0 Å². The topological polar surface area (TPSA) is 134 Å². The molecule has 0 bridgehead atoms. The summed E-state index contributed by atoms with van der Waals surface area (Å²) in [5.41, 5.74) is 5.33. The molecule has 0 saturated carbocycles. The van der Waals surface area contributed by atoms with Gasteiger partial charge in [-0.25, -0.2) is 4.57 Å². The lowest BCUT2D eigenvalue weighted by atomic mass is 10.0. The van der Waals surface area contributed by atoms with E-state index in [1.165, 1.54) is 77.0 Å². The number of hydrogen-bond donors (Lipinski definition) is 2. The van der Waals surface area contributed by atoms with Crippen molar-refractivity contribution in [1.29, 1.82) is 0 Å². The Balaban J connectivity index is 4.30. The minimum atomic E-state index is -4.38. The predicted octanol–water partition coefficient (Wildman–Crippen LogP) is 10.8. The van der Waals surface area contributed by atoms with Crippen molar-refractivity contribution in [2.24, 2.45) is 5.73 Å². The van der Waals surface area contributed by atoms with E-state index in [-0.39, 0.29) is 32.6 Å². The molecular formula is C40H72NO8P. The van der Waals surface area contributed by atoms with Gasteiger partial charge in [0.05, 0.1) is 13.2 Å². The first-order valence-electron chi connectivity index (χ1n) is 19.6. The molecule has 0 aromatic heterocycles. The van der Waals surface area contributed by atoms with Gasteiger partial charge in [-0.1, -0.05) is 146 Å². The highest BCUT2D eigenvalue weighted by Gasteiger charge is 2.25. The van der Waals surface area contributed by atoms with Crippen molar-refractivity contribution in [3.05, 3.63) is 48.6 Å². The molecule has 0 aromatic carbocycles. The Hall–Kier alpha value is -2.03. The first kappa shape index (κ1) is 48.0. The number of phosphoric ester groups is 1. The first-order chi connectivity index (χ1) is 24.3. The highest BCUT2D eigenvalue weighted by molar-refractivity contribution is 7.47. The molecule has 0 heterocycles. The normalized spacial score (nSPS) is 13.9. The molecule has 1 unspecified atom stereocenters. The highest BCUT2D eigenvalue weighted by atomic mass is 31.2. The second-order valence-electron chi connectivity index (χ2n) is 12.8. The van der Waals surface area contributed by atoms with Crippen molar-refractivity contribution < 1.29 is 37.6 Å². The Morgan fingerprint density at radius 3 is 1.60 bits per heavy atom. The molecule has 50 heavy (non-hydrogen) atoms. The molecule has 0 amide bonds. The third-order valence-electron chi connectivity index (χ3n) is 7.97. The largest absolute Gasteiger partial charge is 0.472 e. The fourth-order valence-electron chi connectivity index (χ4n) is 5.04. The second kappa shape index (κ2) is 36.8. The number of carbonyl (C=O) groups excluding carboxylic acids is 2. The summed E-state index contributed by atoms with van der Waals surface area (Å²) in [7, 11) is -4.38. The molecule has 290 valence electrons.